The van der Waals surface area contributed by atoms with E-state index in [1.54, 1.807) is 0 Å². The Morgan fingerprint density at radius 3 is 1.92 bits per heavy atom. The zero-order chi connectivity index (χ0) is 17.5. The van der Waals surface area contributed by atoms with Gasteiger partial charge in [-0.05, 0) is 25.1 Å². The Morgan fingerprint density at radius 1 is 0.760 bits per heavy atom. The van der Waals surface area contributed by atoms with Crippen LogP contribution in [0.25, 0.3) is 0 Å². The fourth-order valence-electron chi connectivity index (χ4n) is 3.17. The monoisotopic (exact) mass is 336 g/mol. The molecule has 2 aromatic carbocycles. The molecule has 1 fully saturated rings. The molecule has 130 valence electrons. The molecule has 0 radical (unpaired) electrons. The fourth-order valence-corrected chi connectivity index (χ4v) is 3.17. The molecule has 25 heavy (non-hydrogen) atoms. The highest BCUT2D eigenvalue weighted by Gasteiger charge is 2.21. The van der Waals surface area contributed by atoms with E-state index >= 15 is 0 Å². The molecule has 0 unspecified atom stereocenters. The minimum absolute atomic E-state index is 0.111. The molecule has 2 aromatic rings. The lowest BCUT2D eigenvalue weighted by molar-refractivity contribution is 0.0635. The van der Waals surface area contributed by atoms with E-state index in [1.807, 2.05) is 65.6 Å². The number of carbonyl (C=O) groups excluding carboxylic acids is 2. The van der Waals surface area contributed by atoms with Crippen LogP contribution in [0.5, 0.6) is 0 Å². The van der Waals surface area contributed by atoms with Crippen LogP contribution >= 0.6 is 0 Å². The van der Waals surface area contributed by atoms with Gasteiger partial charge in [0.15, 0.2) is 5.78 Å². The summed E-state index contributed by atoms with van der Waals surface area (Å²) in [7, 11) is 0. The maximum absolute atomic E-state index is 12.4. The summed E-state index contributed by atoms with van der Waals surface area (Å²) in [5.74, 6) is 0.318. The van der Waals surface area contributed by atoms with E-state index in [-0.39, 0.29) is 11.7 Å². The topological polar surface area (TPSA) is 40.6 Å². The van der Waals surface area contributed by atoms with E-state index < -0.39 is 0 Å². The van der Waals surface area contributed by atoms with Crippen molar-refractivity contribution in [1.29, 1.82) is 0 Å². The first-order valence-corrected chi connectivity index (χ1v) is 8.89. The van der Waals surface area contributed by atoms with E-state index in [0.717, 1.165) is 50.3 Å². The van der Waals surface area contributed by atoms with E-state index in [1.165, 1.54) is 0 Å². The van der Waals surface area contributed by atoms with Crippen molar-refractivity contribution >= 4 is 11.7 Å². The Morgan fingerprint density at radius 2 is 1.32 bits per heavy atom. The third-order valence-electron chi connectivity index (χ3n) is 4.65. The van der Waals surface area contributed by atoms with Gasteiger partial charge >= 0.3 is 0 Å². The lowest BCUT2D eigenvalue weighted by atomic mass is 10.1. The standard InChI is InChI=1S/C21H24N2O2/c24-20(18-8-3-1-4-9-18)12-7-13-22-14-16-23(17-15-22)21(25)19-10-5-2-6-11-19/h1-6,8-11H,7,12-17H2. The van der Waals surface area contributed by atoms with E-state index in [2.05, 4.69) is 4.90 Å². The lowest BCUT2D eigenvalue weighted by Crippen LogP contribution is -2.48. The van der Waals surface area contributed by atoms with Crippen molar-refractivity contribution in [3.63, 3.8) is 0 Å². The zero-order valence-corrected chi connectivity index (χ0v) is 14.4. The van der Waals surface area contributed by atoms with Crippen molar-refractivity contribution in [2.24, 2.45) is 0 Å². The number of piperazine rings is 1. The summed E-state index contributed by atoms with van der Waals surface area (Å²) in [5.41, 5.74) is 1.55. The molecule has 0 saturated carbocycles. The highest BCUT2D eigenvalue weighted by atomic mass is 16.2. The predicted molar refractivity (Wildman–Crippen MR) is 98.8 cm³/mol. The number of carbonyl (C=O) groups is 2. The van der Waals surface area contributed by atoms with Gasteiger partial charge in [0.1, 0.15) is 0 Å². The van der Waals surface area contributed by atoms with Crippen molar-refractivity contribution in [3.8, 4) is 0 Å². The number of rotatable bonds is 6. The largest absolute Gasteiger partial charge is 0.336 e. The van der Waals surface area contributed by atoms with Gasteiger partial charge in [-0.1, -0.05) is 48.5 Å². The number of hydrogen-bond donors (Lipinski definition) is 0. The summed E-state index contributed by atoms with van der Waals surface area (Å²) in [4.78, 5) is 28.8. The summed E-state index contributed by atoms with van der Waals surface area (Å²) < 4.78 is 0. The highest BCUT2D eigenvalue weighted by molar-refractivity contribution is 5.96. The van der Waals surface area contributed by atoms with Gasteiger partial charge in [-0.2, -0.15) is 0 Å². The number of benzene rings is 2. The van der Waals surface area contributed by atoms with Gasteiger partial charge in [0.05, 0.1) is 0 Å². The number of hydrogen-bond acceptors (Lipinski definition) is 3. The first kappa shape index (κ1) is 17.4. The van der Waals surface area contributed by atoms with Crippen LogP contribution in [0, 0.1) is 0 Å². The second-order valence-corrected chi connectivity index (χ2v) is 6.39. The van der Waals surface area contributed by atoms with Crippen LogP contribution in [0.3, 0.4) is 0 Å². The second kappa shape index (κ2) is 8.58. The zero-order valence-electron chi connectivity index (χ0n) is 14.4. The van der Waals surface area contributed by atoms with E-state index in [9.17, 15) is 9.59 Å². The first-order chi connectivity index (χ1) is 12.2. The molecule has 0 atom stereocenters. The fraction of sp³-hybridized carbons (Fsp3) is 0.333. The quantitative estimate of drug-likeness (QED) is 0.761. The average Bonchev–Trinajstić information content (AvgIpc) is 2.69. The molecule has 1 saturated heterocycles. The maximum Gasteiger partial charge on any atom is 0.253 e. The summed E-state index contributed by atoms with van der Waals surface area (Å²) >= 11 is 0. The smallest absolute Gasteiger partial charge is 0.253 e. The number of amides is 1. The SMILES string of the molecule is O=C(CCCN1CCN(C(=O)c2ccccc2)CC1)c1ccccc1. The van der Waals surface area contributed by atoms with E-state index in [0.29, 0.717) is 6.42 Å². The van der Waals surface area contributed by atoms with Crippen LogP contribution in [0.1, 0.15) is 33.6 Å². The molecule has 4 heteroatoms. The number of nitrogens with zero attached hydrogens (tertiary/aromatic N) is 2. The van der Waals surface area contributed by atoms with E-state index in [4.69, 9.17) is 0 Å². The Labute approximate surface area is 149 Å². The summed E-state index contributed by atoms with van der Waals surface area (Å²) in [6, 6.07) is 18.9. The third-order valence-corrected chi connectivity index (χ3v) is 4.65. The van der Waals surface area contributed by atoms with Crippen molar-refractivity contribution in [3.05, 3.63) is 71.8 Å². The molecule has 0 aromatic heterocycles. The minimum Gasteiger partial charge on any atom is -0.336 e. The molecule has 1 aliphatic rings. The Bertz CT molecular complexity index is 690. The average molecular weight is 336 g/mol. The predicted octanol–water partition coefficient (Wildman–Crippen LogP) is 3.11. The van der Waals surface area contributed by atoms with Crippen molar-refractivity contribution in [2.75, 3.05) is 32.7 Å². The molecule has 0 spiro atoms. The molecule has 0 N–H and O–H groups in total. The van der Waals surface area contributed by atoms with Gasteiger partial charge in [-0.3, -0.25) is 14.5 Å². The van der Waals surface area contributed by atoms with Crippen molar-refractivity contribution < 1.29 is 9.59 Å². The lowest BCUT2D eigenvalue weighted by Gasteiger charge is -2.34. The van der Waals surface area contributed by atoms with Crippen LogP contribution in [0.2, 0.25) is 0 Å². The third kappa shape index (κ3) is 4.77. The molecule has 1 heterocycles. The molecule has 0 aliphatic carbocycles. The van der Waals surface area contributed by atoms with Crippen LogP contribution in [-0.4, -0.2) is 54.2 Å². The van der Waals surface area contributed by atoms with Gasteiger partial charge in [0, 0.05) is 43.7 Å². The van der Waals surface area contributed by atoms with Gasteiger partial charge in [0.2, 0.25) is 0 Å². The summed E-state index contributed by atoms with van der Waals surface area (Å²) in [5, 5.41) is 0. The molecule has 1 amide bonds. The second-order valence-electron chi connectivity index (χ2n) is 6.39. The Balaban J connectivity index is 1.39. The summed E-state index contributed by atoms with van der Waals surface area (Å²) in [6.07, 6.45) is 1.44. The van der Waals surface area contributed by atoms with Crippen LogP contribution in [0.15, 0.2) is 60.7 Å². The maximum atomic E-state index is 12.4. The van der Waals surface area contributed by atoms with Gasteiger partial charge in [-0.15, -0.1) is 0 Å². The van der Waals surface area contributed by atoms with Crippen LogP contribution in [-0.2, 0) is 0 Å². The molecule has 4 nitrogen and oxygen atoms in total. The number of ketones is 1. The van der Waals surface area contributed by atoms with Gasteiger partial charge < -0.3 is 4.90 Å². The Kier molecular flexibility index (Phi) is 5.96. The highest BCUT2D eigenvalue weighted by Crippen LogP contribution is 2.10. The normalized spacial score (nSPS) is 15.1. The molecular weight excluding hydrogens is 312 g/mol. The molecule has 0 bridgehead atoms. The minimum atomic E-state index is 0.111. The van der Waals surface area contributed by atoms with Crippen LogP contribution in [0.4, 0.5) is 0 Å². The molecule has 1 aliphatic heterocycles. The van der Waals surface area contributed by atoms with Crippen LogP contribution < -0.4 is 0 Å². The Hall–Kier alpha value is -2.46. The molecular formula is C21H24N2O2. The van der Waals surface area contributed by atoms with Gasteiger partial charge in [-0.25, -0.2) is 0 Å². The van der Waals surface area contributed by atoms with Crippen molar-refractivity contribution in [1.82, 2.24) is 9.80 Å². The molecule has 3 rings (SSSR count). The van der Waals surface area contributed by atoms with Crippen molar-refractivity contribution in [2.45, 2.75) is 12.8 Å². The number of Topliss-reactive ketones (excluding diaryl/α,β-unsaturated/α-hetero) is 1. The van der Waals surface area contributed by atoms with Gasteiger partial charge in [0.25, 0.3) is 5.91 Å². The first-order valence-electron chi connectivity index (χ1n) is 8.89. The summed E-state index contributed by atoms with van der Waals surface area (Å²) in [6.45, 7) is 4.16.